The maximum absolute atomic E-state index is 13.4. The molecule has 0 aliphatic heterocycles. The summed E-state index contributed by atoms with van der Waals surface area (Å²) in [6, 6.07) is 25.3. The molecule has 5 rings (SSSR count). The number of aromatic nitrogens is 3. The zero-order chi connectivity index (χ0) is 26.5. The van der Waals surface area contributed by atoms with Crippen LogP contribution in [-0.4, -0.2) is 20.7 Å². The van der Waals surface area contributed by atoms with Crippen LogP contribution in [0.2, 0.25) is 5.02 Å². The van der Waals surface area contributed by atoms with Crippen LogP contribution in [0.3, 0.4) is 0 Å². The van der Waals surface area contributed by atoms with Gasteiger partial charge in [0.1, 0.15) is 5.82 Å². The Morgan fingerprint density at radius 3 is 2.55 bits per heavy atom. The molecule has 2 aromatic heterocycles. The third kappa shape index (κ3) is 6.15. The third-order valence-corrected chi connectivity index (χ3v) is 8.10. The van der Waals surface area contributed by atoms with Crippen LogP contribution in [0.1, 0.15) is 38.2 Å². The minimum Gasteiger partial charge on any atom is -0.341 e. The van der Waals surface area contributed by atoms with Gasteiger partial charge in [-0.2, -0.15) is 0 Å². The summed E-state index contributed by atoms with van der Waals surface area (Å²) in [7, 11) is 0. The van der Waals surface area contributed by atoms with E-state index in [1.165, 1.54) is 35.2 Å². The van der Waals surface area contributed by atoms with Gasteiger partial charge in [0.25, 0.3) is 5.91 Å². The van der Waals surface area contributed by atoms with Crippen LogP contribution in [0.5, 0.6) is 0 Å². The number of nitrogens with one attached hydrogen (secondary N) is 1. The van der Waals surface area contributed by atoms with E-state index in [9.17, 15) is 9.18 Å². The van der Waals surface area contributed by atoms with Gasteiger partial charge in [-0.1, -0.05) is 78.0 Å². The Kier molecular flexibility index (Phi) is 8.22. The second-order valence-corrected chi connectivity index (χ2v) is 11.0. The molecule has 1 atom stereocenters. The SMILES string of the molecule is Cc1ccc(Cl)cc1-n1c(SCc2ccc(F)cc2)nnc1C(Cc1ccccc1)NC(=O)c1cccs1. The highest BCUT2D eigenvalue weighted by atomic mass is 35.5. The van der Waals surface area contributed by atoms with Gasteiger partial charge in [-0.15, -0.1) is 21.5 Å². The van der Waals surface area contributed by atoms with E-state index in [0.29, 0.717) is 33.1 Å². The van der Waals surface area contributed by atoms with Crippen molar-refractivity contribution >= 4 is 40.6 Å². The lowest BCUT2D eigenvalue weighted by Gasteiger charge is -2.21. The molecule has 0 spiro atoms. The van der Waals surface area contributed by atoms with Crippen LogP contribution in [0, 0.1) is 12.7 Å². The Bertz CT molecular complexity index is 1520. The fourth-order valence-electron chi connectivity index (χ4n) is 4.07. The standard InChI is InChI=1S/C29H24ClFN4OS2/c1-19-9-12-22(30)17-25(19)35-27(33-34-29(35)38-18-21-10-13-23(31)14-11-21)24(16-20-6-3-2-4-7-20)32-28(36)26-8-5-15-37-26/h2-15,17,24H,16,18H2,1H3,(H,32,36). The van der Waals surface area contributed by atoms with Crippen molar-refractivity contribution in [1.82, 2.24) is 20.1 Å². The maximum Gasteiger partial charge on any atom is 0.261 e. The van der Waals surface area contributed by atoms with E-state index in [2.05, 4.69) is 15.5 Å². The van der Waals surface area contributed by atoms with Crippen molar-refractivity contribution in [3.05, 3.63) is 129 Å². The van der Waals surface area contributed by atoms with Crippen LogP contribution in [0.25, 0.3) is 5.69 Å². The topological polar surface area (TPSA) is 59.8 Å². The van der Waals surface area contributed by atoms with Gasteiger partial charge >= 0.3 is 0 Å². The van der Waals surface area contributed by atoms with Crippen molar-refractivity contribution in [3.8, 4) is 5.69 Å². The second kappa shape index (κ2) is 11.9. The normalized spacial score (nSPS) is 11.9. The fourth-order valence-corrected chi connectivity index (χ4v) is 5.77. The van der Waals surface area contributed by atoms with Crippen molar-refractivity contribution in [3.63, 3.8) is 0 Å². The number of amides is 1. The van der Waals surface area contributed by atoms with E-state index < -0.39 is 6.04 Å². The van der Waals surface area contributed by atoms with Crippen LogP contribution in [-0.2, 0) is 12.2 Å². The predicted octanol–water partition coefficient (Wildman–Crippen LogP) is 7.44. The number of rotatable bonds is 9. The Balaban J connectivity index is 1.56. The molecule has 38 heavy (non-hydrogen) atoms. The number of carbonyl (C=O) groups excluding carboxylic acids is 1. The third-order valence-electron chi connectivity index (χ3n) is 6.00. The molecule has 0 saturated carbocycles. The van der Waals surface area contributed by atoms with Gasteiger partial charge in [-0.05, 0) is 65.7 Å². The summed E-state index contributed by atoms with van der Waals surface area (Å²) in [5.74, 6) is 0.733. The van der Waals surface area contributed by atoms with Gasteiger partial charge in [-0.25, -0.2) is 4.39 Å². The van der Waals surface area contributed by atoms with Gasteiger partial charge < -0.3 is 5.32 Å². The van der Waals surface area contributed by atoms with E-state index >= 15 is 0 Å². The number of benzene rings is 3. The molecule has 0 aliphatic rings. The summed E-state index contributed by atoms with van der Waals surface area (Å²) in [4.78, 5) is 13.8. The van der Waals surface area contributed by atoms with Gasteiger partial charge in [-0.3, -0.25) is 9.36 Å². The number of nitrogens with zero attached hydrogens (tertiary/aromatic N) is 3. The predicted molar refractivity (Wildman–Crippen MR) is 152 cm³/mol. The van der Waals surface area contributed by atoms with E-state index in [4.69, 9.17) is 11.6 Å². The average Bonchev–Trinajstić information content (AvgIpc) is 3.61. The van der Waals surface area contributed by atoms with Crippen LogP contribution >= 0.6 is 34.7 Å². The lowest BCUT2D eigenvalue weighted by Crippen LogP contribution is -2.31. The van der Waals surface area contributed by atoms with Crippen molar-refractivity contribution < 1.29 is 9.18 Å². The van der Waals surface area contributed by atoms with Gasteiger partial charge in [0.2, 0.25) is 0 Å². The Morgan fingerprint density at radius 2 is 1.82 bits per heavy atom. The summed E-state index contributed by atoms with van der Waals surface area (Å²) in [5.41, 5.74) is 3.84. The molecule has 192 valence electrons. The Hall–Kier alpha value is -3.46. The molecule has 5 nitrogen and oxygen atoms in total. The smallest absolute Gasteiger partial charge is 0.261 e. The van der Waals surface area contributed by atoms with Crippen molar-refractivity contribution in [2.24, 2.45) is 0 Å². The summed E-state index contributed by atoms with van der Waals surface area (Å²) < 4.78 is 15.4. The molecule has 1 amide bonds. The number of hydrogen-bond acceptors (Lipinski definition) is 5. The van der Waals surface area contributed by atoms with Crippen molar-refractivity contribution in [2.75, 3.05) is 0 Å². The summed E-state index contributed by atoms with van der Waals surface area (Å²) in [5, 5.41) is 15.4. The molecule has 9 heteroatoms. The Labute approximate surface area is 233 Å². The molecule has 0 bridgehead atoms. The first kappa shape index (κ1) is 26.2. The number of thiophene rings is 1. The molecule has 2 heterocycles. The zero-order valence-corrected chi connectivity index (χ0v) is 22.9. The molecule has 0 radical (unpaired) electrons. The summed E-state index contributed by atoms with van der Waals surface area (Å²) in [6.07, 6.45) is 0.526. The number of aryl methyl sites for hydroxylation is 1. The van der Waals surface area contributed by atoms with Crippen molar-refractivity contribution in [1.29, 1.82) is 0 Å². The van der Waals surface area contributed by atoms with E-state index in [1.807, 2.05) is 71.5 Å². The zero-order valence-electron chi connectivity index (χ0n) is 20.5. The molecule has 0 aliphatic carbocycles. The first-order chi connectivity index (χ1) is 18.5. The highest BCUT2D eigenvalue weighted by Gasteiger charge is 2.26. The van der Waals surface area contributed by atoms with Gasteiger partial charge in [0.05, 0.1) is 16.6 Å². The number of carbonyl (C=O) groups is 1. The second-order valence-electron chi connectivity index (χ2n) is 8.72. The monoisotopic (exact) mass is 562 g/mol. The molecule has 1 unspecified atom stereocenters. The first-order valence-electron chi connectivity index (χ1n) is 12.0. The number of hydrogen-bond donors (Lipinski definition) is 1. The molecule has 5 aromatic rings. The molecular weight excluding hydrogens is 539 g/mol. The average molecular weight is 563 g/mol. The largest absolute Gasteiger partial charge is 0.341 e. The van der Waals surface area contributed by atoms with E-state index in [1.54, 1.807) is 18.2 Å². The van der Waals surface area contributed by atoms with Crippen molar-refractivity contribution in [2.45, 2.75) is 30.3 Å². The number of halogens is 2. The molecule has 3 aromatic carbocycles. The lowest BCUT2D eigenvalue weighted by molar-refractivity contribution is 0.0938. The van der Waals surface area contributed by atoms with Crippen LogP contribution < -0.4 is 5.32 Å². The minimum absolute atomic E-state index is 0.168. The molecule has 0 saturated heterocycles. The molecule has 0 fully saturated rings. The summed E-state index contributed by atoms with van der Waals surface area (Å²) >= 11 is 9.30. The van der Waals surface area contributed by atoms with Gasteiger partial charge in [0.15, 0.2) is 11.0 Å². The lowest BCUT2D eigenvalue weighted by atomic mass is 10.0. The van der Waals surface area contributed by atoms with Crippen LogP contribution in [0.15, 0.2) is 95.5 Å². The van der Waals surface area contributed by atoms with Gasteiger partial charge in [0, 0.05) is 10.8 Å². The first-order valence-corrected chi connectivity index (χ1v) is 14.2. The minimum atomic E-state index is -0.460. The highest BCUT2D eigenvalue weighted by Crippen LogP contribution is 2.32. The van der Waals surface area contributed by atoms with Crippen LogP contribution in [0.4, 0.5) is 4.39 Å². The highest BCUT2D eigenvalue weighted by molar-refractivity contribution is 7.98. The molecule has 1 N–H and O–H groups in total. The fraction of sp³-hybridized carbons (Fsp3) is 0.138. The van der Waals surface area contributed by atoms with E-state index in [-0.39, 0.29) is 11.7 Å². The summed E-state index contributed by atoms with van der Waals surface area (Å²) in [6.45, 7) is 2.00. The van der Waals surface area contributed by atoms with E-state index in [0.717, 1.165) is 22.4 Å². The maximum atomic E-state index is 13.4. The Morgan fingerprint density at radius 1 is 1.03 bits per heavy atom. The number of thioether (sulfide) groups is 1. The quantitative estimate of drug-likeness (QED) is 0.190. The molecular formula is C29H24ClFN4OS2.